The molecule has 7 nitrogen and oxygen atoms in total. The SMILES string of the molecule is CC(C)(C)COS(=O)(=O)c1ccc(-c2ccc(C(=O)c3cc(Cl)ccc3Cl)cc2S(=O)(=O)OCC(C)(C)C)cc1. The molecule has 0 N–H and O–H groups in total. The minimum Gasteiger partial charge on any atom is -0.289 e. The Hall–Kier alpha value is -2.27. The number of hydrogen-bond donors (Lipinski definition) is 0. The molecule has 0 aliphatic rings. The van der Waals surface area contributed by atoms with Crippen molar-refractivity contribution in [1.29, 1.82) is 0 Å². The number of hydrogen-bond acceptors (Lipinski definition) is 7. The van der Waals surface area contributed by atoms with E-state index in [1.54, 1.807) is 0 Å². The van der Waals surface area contributed by atoms with Crippen LogP contribution < -0.4 is 0 Å². The molecule has 0 aliphatic carbocycles. The van der Waals surface area contributed by atoms with E-state index in [9.17, 15) is 21.6 Å². The lowest BCUT2D eigenvalue weighted by molar-refractivity contribution is 0.103. The highest BCUT2D eigenvalue weighted by molar-refractivity contribution is 7.87. The Balaban J connectivity index is 2.09. The van der Waals surface area contributed by atoms with Crippen LogP contribution in [0.3, 0.4) is 0 Å². The maximum absolute atomic E-state index is 13.4. The van der Waals surface area contributed by atoms with Crippen molar-refractivity contribution in [3.63, 3.8) is 0 Å². The smallest absolute Gasteiger partial charge is 0.289 e. The summed E-state index contributed by atoms with van der Waals surface area (Å²) in [7, 11) is -8.37. The molecule has 40 heavy (non-hydrogen) atoms. The molecule has 3 rings (SSSR count). The third-order valence-electron chi connectivity index (χ3n) is 5.43. The maximum Gasteiger partial charge on any atom is 0.297 e. The molecule has 0 amide bonds. The van der Waals surface area contributed by atoms with Gasteiger partial charge >= 0.3 is 0 Å². The third-order valence-corrected chi connectivity index (χ3v) is 8.58. The van der Waals surface area contributed by atoms with Gasteiger partial charge in [0, 0.05) is 21.7 Å². The van der Waals surface area contributed by atoms with Crippen LogP contribution in [-0.2, 0) is 28.6 Å². The van der Waals surface area contributed by atoms with Gasteiger partial charge in [0.25, 0.3) is 20.2 Å². The zero-order chi connectivity index (χ0) is 30.1. The molecule has 11 heteroatoms. The van der Waals surface area contributed by atoms with E-state index in [1.165, 1.54) is 60.7 Å². The summed E-state index contributed by atoms with van der Waals surface area (Å²) in [5.41, 5.74) is -0.0309. The molecule has 0 radical (unpaired) electrons. The Morgan fingerprint density at radius 1 is 0.725 bits per heavy atom. The number of ketones is 1. The van der Waals surface area contributed by atoms with Gasteiger partial charge in [-0.3, -0.25) is 13.2 Å². The first kappa shape index (κ1) is 32.2. The fourth-order valence-corrected chi connectivity index (χ4v) is 6.23. The normalized spacial score (nSPS) is 12.9. The number of carbonyl (C=O) groups is 1. The van der Waals surface area contributed by atoms with E-state index in [0.717, 1.165) is 0 Å². The molecule has 3 aromatic carbocycles. The molecule has 3 aromatic rings. The summed E-state index contributed by atoms with van der Waals surface area (Å²) >= 11 is 12.3. The van der Waals surface area contributed by atoms with Gasteiger partial charge in [0.15, 0.2) is 5.78 Å². The van der Waals surface area contributed by atoms with Crippen LogP contribution in [0.1, 0.15) is 57.5 Å². The summed E-state index contributed by atoms with van der Waals surface area (Å²) < 4.78 is 62.6. The van der Waals surface area contributed by atoms with E-state index in [0.29, 0.717) is 10.6 Å². The highest BCUT2D eigenvalue weighted by Crippen LogP contribution is 2.33. The lowest BCUT2D eigenvalue weighted by Gasteiger charge is -2.19. The van der Waals surface area contributed by atoms with Crippen molar-refractivity contribution in [3.8, 4) is 11.1 Å². The summed E-state index contributed by atoms with van der Waals surface area (Å²) in [6, 6.07) is 14.2. The van der Waals surface area contributed by atoms with Gasteiger partial charge in [-0.1, -0.05) is 89.0 Å². The van der Waals surface area contributed by atoms with Crippen molar-refractivity contribution < 1.29 is 30.0 Å². The fourth-order valence-electron chi connectivity index (χ4n) is 3.38. The van der Waals surface area contributed by atoms with E-state index in [-0.39, 0.29) is 50.1 Å². The molecule has 0 saturated heterocycles. The van der Waals surface area contributed by atoms with E-state index < -0.39 is 31.4 Å². The Morgan fingerprint density at radius 2 is 1.27 bits per heavy atom. The Kier molecular flexibility index (Phi) is 9.61. The summed E-state index contributed by atoms with van der Waals surface area (Å²) in [6.45, 7) is 10.9. The highest BCUT2D eigenvalue weighted by Gasteiger charge is 2.27. The van der Waals surface area contributed by atoms with Crippen molar-refractivity contribution in [2.24, 2.45) is 10.8 Å². The van der Waals surface area contributed by atoms with Gasteiger partial charge in [-0.2, -0.15) is 16.8 Å². The summed E-state index contributed by atoms with van der Waals surface area (Å²) in [5.74, 6) is -0.524. The fraction of sp³-hybridized carbons (Fsp3) is 0.345. The monoisotopic (exact) mass is 626 g/mol. The van der Waals surface area contributed by atoms with Crippen LogP contribution >= 0.6 is 23.2 Å². The van der Waals surface area contributed by atoms with Crippen molar-refractivity contribution in [2.45, 2.75) is 51.3 Å². The zero-order valence-corrected chi connectivity index (χ0v) is 26.3. The second kappa shape index (κ2) is 11.9. The second-order valence-corrected chi connectivity index (χ2v) is 15.8. The van der Waals surface area contributed by atoms with Gasteiger partial charge in [0.2, 0.25) is 0 Å². The summed E-state index contributed by atoms with van der Waals surface area (Å²) in [5, 5.41) is 0.463. The van der Waals surface area contributed by atoms with Crippen LogP contribution in [-0.4, -0.2) is 35.8 Å². The first-order valence-electron chi connectivity index (χ1n) is 12.3. The molecular weight excluding hydrogens is 595 g/mol. The van der Waals surface area contributed by atoms with Crippen LogP contribution in [0.25, 0.3) is 11.1 Å². The molecule has 0 aliphatic heterocycles. The molecule has 0 aromatic heterocycles. The van der Waals surface area contributed by atoms with Crippen molar-refractivity contribution in [3.05, 3.63) is 81.8 Å². The zero-order valence-electron chi connectivity index (χ0n) is 23.1. The Labute approximate surface area is 246 Å². The van der Waals surface area contributed by atoms with Crippen LogP contribution in [0.2, 0.25) is 10.0 Å². The van der Waals surface area contributed by atoms with Crippen molar-refractivity contribution in [2.75, 3.05) is 13.2 Å². The van der Waals surface area contributed by atoms with Crippen LogP contribution in [0.5, 0.6) is 0 Å². The number of halogens is 2. The molecule has 0 fully saturated rings. The predicted octanol–water partition coefficient (Wildman–Crippen LogP) is 7.39. The Morgan fingerprint density at radius 3 is 1.82 bits per heavy atom. The molecule has 0 heterocycles. The van der Waals surface area contributed by atoms with E-state index in [1.807, 2.05) is 41.5 Å². The van der Waals surface area contributed by atoms with Gasteiger partial charge < -0.3 is 0 Å². The lowest BCUT2D eigenvalue weighted by atomic mass is 9.99. The first-order chi connectivity index (χ1) is 18.3. The van der Waals surface area contributed by atoms with E-state index in [2.05, 4.69) is 0 Å². The number of benzene rings is 3. The first-order valence-corrected chi connectivity index (χ1v) is 15.9. The van der Waals surface area contributed by atoms with Gasteiger partial charge in [0.1, 0.15) is 4.90 Å². The average molecular weight is 628 g/mol. The minimum atomic E-state index is -4.35. The van der Waals surface area contributed by atoms with E-state index in [4.69, 9.17) is 31.6 Å². The molecule has 0 spiro atoms. The minimum absolute atomic E-state index is 0.00325. The third kappa shape index (κ3) is 8.38. The van der Waals surface area contributed by atoms with Crippen LogP contribution in [0.15, 0.2) is 70.5 Å². The van der Waals surface area contributed by atoms with Gasteiger partial charge in [-0.25, -0.2) is 0 Å². The summed E-state index contributed by atoms with van der Waals surface area (Å²) in [4.78, 5) is 13.0. The van der Waals surface area contributed by atoms with Crippen molar-refractivity contribution >= 4 is 49.2 Å². The Bertz CT molecular complexity index is 1620. The molecule has 0 atom stereocenters. The number of carbonyl (C=O) groups excluding carboxylic acids is 1. The highest BCUT2D eigenvalue weighted by atomic mass is 35.5. The van der Waals surface area contributed by atoms with Crippen LogP contribution in [0, 0.1) is 10.8 Å². The van der Waals surface area contributed by atoms with E-state index >= 15 is 0 Å². The average Bonchev–Trinajstić information content (AvgIpc) is 2.86. The van der Waals surface area contributed by atoms with Crippen LogP contribution in [0.4, 0.5) is 0 Å². The lowest BCUT2D eigenvalue weighted by Crippen LogP contribution is -2.19. The number of rotatable bonds is 9. The topological polar surface area (TPSA) is 104 Å². The quantitative estimate of drug-likeness (QED) is 0.180. The van der Waals surface area contributed by atoms with Gasteiger partial charge in [0.05, 0.1) is 23.1 Å². The predicted molar refractivity (Wildman–Crippen MR) is 157 cm³/mol. The summed E-state index contributed by atoms with van der Waals surface area (Å²) in [6.07, 6.45) is 0. The van der Waals surface area contributed by atoms with Gasteiger partial charge in [-0.05, 0) is 52.8 Å². The maximum atomic E-state index is 13.4. The molecule has 0 saturated carbocycles. The molecular formula is C29H32Cl2O7S2. The van der Waals surface area contributed by atoms with Crippen molar-refractivity contribution in [1.82, 2.24) is 0 Å². The second-order valence-electron chi connectivity index (χ2n) is 11.7. The molecule has 0 unspecified atom stereocenters. The molecule has 216 valence electrons. The molecule has 0 bridgehead atoms. The van der Waals surface area contributed by atoms with Gasteiger partial charge in [-0.15, -0.1) is 0 Å². The standard InChI is InChI=1S/C29H32Cl2O7S2/c1-28(2,3)17-37-39(33,34)22-11-7-19(8-12-22)23-13-9-20(27(32)24-16-21(30)10-14-25(24)31)15-26(23)40(35,36)38-18-29(4,5)6/h7-16H,17-18H2,1-6H3. The largest absolute Gasteiger partial charge is 0.297 e.